The molecule has 1 aliphatic rings. The summed E-state index contributed by atoms with van der Waals surface area (Å²) in [5.41, 5.74) is 6.77. The number of anilines is 3. The number of aromatic nitrogens is 1. The van der Waals surface area contributed by atoms with E-state index in [1.807, 2.05) is 4.90 Å². The number of benzene rings is 1. The van der Waals surface area contributed by atoms with Crippen molar-refractivity contribution in [3.05, 3.63) is 35.0 Å². The lowest BCUT2D eigenvalue weighted by Crippen LogP contribution is -2.47. The lowest BCUT2D eigenvalue weighted by molar-refractivity contribution is 0.0532. The summed E-state index contributed by atoms with van der Waals surface area (Å²) >= 11 is 1.15. The van der Waals surface area contributed by atoms with Gasteiger partial charge in [0.15, 0.2) is 15.8 Å². The summed E-state index contributed by atoms with van der Waals surface area (Å²) in [7, 11) is 0. The van der Waals surface area contributed by atoms with Gasteiger partial charge in [0, 0.05) is 31.9 Å². The zero-order valence-electron chi connectivity index (χ0n) is 13.4. The Balaban J connectivity index is 1.71. The van der Waals surface area contributed by atoms with Crippen molar-refractivity contribution >= 4 is 33.9 Å². The number of nitrogen functional groups attached to an aromatic ring is 1. The first-order valence-electron chi connectivity index (χ1n) is 7.77. The molecule has 128 valence electrons. The second-order valence-corrected chi connectivity index (χ2v) is 6.41. The van der Waals surface area contributed by atoms with E-state index in [0.717, 1.165) is 30.1 Å². The maximum Gasteiger partial charge on any atom is 0.352 e. The van der Waals surface area contributed by atoms with Gasteiger partial charge in [-0.3, -0.25) is 0 Å². The van der Waals surface area contributed by atoms with Crippen molar-refractivity contribution in [2.24, 2.45) is 0 Å². The average Bonchev–Trinajstić information content (AvgIpc) is 2.98. The minimum Gasteiger partial charge on any atom is -0.462 e. The quantitative estimate of drug-likeness (QED) is 0.854. The van der Waals surface area contributed by atoms with Crippen LogP contribution in [0.5, 0.6) is 0 Å². The first kappa shape index (κ1) is 16.5. The third-order valence-electron chi connectivity index (χ3n) is 3.86. The molecule has 8 heteroatoms. The normalized spacial score (nSPS) is 14.8. The summed E-state index contributed by atoms with van der Waals surface area (Å²) in [6, 6.07) is 6.47. The molecule has 0 bridgehead atoms. The molecule has 0 unspecified atom stereocenters. The van der Waals surface area contributed by atoms with Gasteiger partial charge < -0.3 is 20.3 Å². The van der Waals surface area contributed by atoms with Crippen LogP contribution >= 0.6 is 11.3 Å². The number of nitrogens with two attached hydrogens (primary N) is 1. The molecule has 2 aromatic rings. The molecule has 6 nitrogen and oxygen atoms in total. The van der Waals surface area contributed by atoms with Crippen molar-refractivity contribution < 1.29 is 13.9 Å². The van der Waals surface area contributed by atoms with Crippen LogP contribution in [0.2, 0.25) is 0 Å². The topological polar surface area (TPSA) is 71.7 Å². The summed E-state index contributed by atoms with van der Waals surface area (Å²) in [5, 5.41) is 0.356. The largest absolute Gasteiger partial charge is 0.462 e. The van der Waals surface area contributed by atoms with Crippen LogP contribution in [0.3, 0.4) is 0 Å². The van der Waals surface area contributed by atoms with Crippen LogP contribution in [0.4, 0.5) is 21.0 Å². The number of nitrogens with zero attached hydrogens (tertiary/aromatic N) is 3. The molecule has 1 aromatic heterocycles. The van der Waals surface area contributed by atoms with Gasteiger partial charge in [0.25, 0.3) is 0 Å². The van der Waals surface area contributed by atoms with Gasteiger partial charge in [-0.2, -0.15) is 0 Å². The van der Waals surface area contributed by atoms with Crippen molar-refractivity contribution in [2.75, 3.05) is 48.3 Å². The van der Waals surface area contributed by atoms with Crippen molar-refractivity contribution in [1.29, 1.82) is 0 Å². The fraction of sp³-hybridized carbons (Fsp3) is 0.375. The third-order valence-corrected chi connectivity index (χ3v) is 4.71. The van der Waals surface area contributed by atoms with Gasteiger partial charge in [-0.25, -0.2) is 14.2 Å². The maximum atomic E-state index is 13.0. The molecule has 0 saturated carbocycles. The zero-order valence-corrected chi connectivity index (χ0v) is 14.2. The third kappa shape index (κ3) is 3.43. The number of hydrogen-bond donors (Lipinski definition) is 1. The highest BCUT2D eigenvalue weighted by Crippen LogP contribution is 2.30. The average molecular weight is 350 g/mol. The van der Waals surface area contributed by atoms with Crippen LogP contribution in [0.25, 0.3) is 0 Å². The predicted octanol–water partition coefficient (Wildman–Crippen LogP) is 2.37. The van der Waals surface area contributed by atoms with E-state index in [1.54, 1.807) is 19.1 Å². The van der Waals surface area contributed by atoms with Crippen LogP contribution < -0.4 is 15.5 Å². The van der Waals surface area contributed by atoms with Crippen LogP contribution in [0.15, 0.2) is 24.3 Å². The van der Waals surface area contributed by atoms with Gasteiger partial charge in [-0.15, -0.1) is 0 Å². The molecular weight excluding hydrogens is 331 g/mol. The lowest BCUT2D eigenvalue weighted by Gasteiger charge is -2.36. The minimum atomic E-state index is -0.386. The van der Waals surface area contributed by atoms with Gasteiger partial charge in [-0.05, 0) is 31.2 Å². The smallest absolute Gasteiger partial charge is 0.352 e. The Hall–Kier alpha value is -2.35. The van der Waals surface area contributed by atoms with E-state index in [2.05, 4.69) is 9.88 Å². The lowest BCUT2D eigenvalue weighted by atomic mass is 10.2. The summed E-state index contributed by atoms with van der Waals surface area (Å²) in [6.45, 7) is 4.99. The molecule has 1 saturated heterocycles. The number of halogens is 1. The molecule has 0 spiro atoms. The molecule has 0 atom stereocenters. The predicted molar refractivity (Wildman–Crippen MR) is 93.3 cm³/mol. The fourth-order valence-corrected chi connectivity index (χ4v) is 3.45. The monoisotopic (exact) mass is 350 g/mol. The molecule has 2 heterocycles. The van der Waals surface area contributed by atoms with Gasteiger partial charge in [0.05, 0.1) is 6.61 Å². The summed E-state index contributed by atoms with van der Waals surface area (Å²) in [4.78, 5) is 21.0. The minimum absolute atomic E-state index is 0.241. The Bertz CT molecular complexity index is 711. The van der Waals surface area contributed by atoms with E-state index in [1.165, 1.54) is 12.1 Å². The fourth-order valence-electron chi connectivity index (χ4n) is 2.70. The molecule has 24 heavy (non-hydrogen) atoms. The number of ether oxygens (including phenoxy) is 1. The summed E-state index contributed by atoms with van der Waals surface area (Å²) < 4.78 is 18.1. The summed E-state index contributed by atoms with van der Waals surface area (Å²) in [5.74, 6) is -0.0354. The molecule has 2 N–H and O–H groups in total. The van der Waals surface area contributed by atoms with Gasteiger partial charge >= 0.3 is 5.97 Å². The van der Waals surface area contributed by atoms with Crippen LogP contribution in [-0.4, -0.2) is 43.7 Å². The molecule has 0 radical (unpaired) electrons. The molecule has 3 rings (SSSR count). The number of hydrogen-bond acceptors (Lipinski definition) is 7. The van der Waals surface area contributed by atoms with Crippen LogP contribution in [-0.2, 0) is 4.74 Å². The zero-order chi connectivity index (χ0) is 17.1. The van der Waals surface area contributed by atoms with Gasteiger partial charge in [-0.1, -0.05) is 11.3 Å². The van der Waals surface area contributed by atoms with Crippen molar-refractivity contribution in [3.63, 3.8) is 0 Å². The Morgan fingerprint density at radius 3 is 2.50 bits per heavy atom. The van der Waals surface area contributed by atoms with E-state index < -0.39 is 0 Å². The SMILES string of the molecule is CCOC(=O)c1sc(N)nc1N1CCN(c2ccc(F)cc2)CC1. The van der Waals surface area contributed by atoms with Crippen molar-refractivity contribution in [1.82, 2.24) is 4.98 Å². The highest BCUT2D eigenvalue weighted by atomic mass is 32.1. The van der Waals surface area contributed by atoms with Crippen molar-refractivity contribution in [2.45, 2.75) is 6.92 Å². The highest BCUT2D eigenvalue weighted by molar-refractivity contribution is 7.17. The number of rotatable bonds is 4. The molecule has 1 fully saturated rings. The number of thiazole rings is 1. The first-order chi connectivity index (χ1) is 11.6. The van der Waals surface area contributed by atoms with Crippen molar-refractivity contribution in [3.8, 4) is 0 Å². The molecular formula is C16H19FN4O2S. The standard InChI is InChI=1S/C16H19FN4O2S/c1-2-23-15(22)13-14(19-16(18)24-13)21-9-7-20(8-10-21)12-5-3-11(17)4-6-12/h3-6H,2,7-10H2,1H3,(H2,18,19). The maximum absolute atomic E-state index is 13.0. The van der Waals surface area contributed by atoms with Crippen LogP contribution in [0.1, 0.15) is 16.6 Å². The van der Waals surface area contributed by atoms with Gasteiger partial charge in [0.1, 0.15) is 5.82 Å². The highest BCUT2D eigenvalue weighted by Gasteiger charge is 2.26. The second kappa shape index (κ2) is 7.04. The summed E-state index contributed by atoms with van der Waals surface area (Å²) in [6.07, 6.45) is 0. The molecule has 0 aliphatic carbocycles. The second-order valence-electron chi connectivity index (χ2n) is 5.38. The number of esters is 1. The Labute approximate surface area is 143 Å². The molecule has 1 aliphatic heterocycles. The number of piperazine rings is 1. The van der Waals surface area contributed by atoms with Gasteiger partial charge in [0.2, 0.25) is 0 Å². The van der Waals surface area contributed by atoms with E-state index in [-0.39, 0.29) is 11.8 Å². The number of carbonyl (C=O) groups excluding carboxylic acids is 1. The van der Waals surface area contributed by atoms with Crippen LogP contribution in [0, 0.1) is 5.82 Å². The molecule has 0 amide bonds. The molecule has 1 aromatic carbocycles. The Morgan fingerprint density at radius 2 is 1.88 bits per heavy atom. The Kier molecular flexibility index (Phi) is 4.84. The van der Waals surface area contributed by atoms with E-state index >= 15 is 0 Å². The number of carbonyl (C=O) groups is 1. The van der Waals surface area contributed by atoms with E-state index in [9.17, 15) is 9.18 Å². The van der Waals surface area contributed by atoms with E-state index in [0.29, 0.717) is 35.5 Å². The first-order valence-corrected chi connectivity index (χ1v) is 8.59. The Morgan fingerprint density at radius 1 is 1.25 bits per heavy atom. The van der Waals surface area contributed by atoms with E-state index in [4.69, 9.17) is 10.5 Å².